The van der Waals surface area contributed by atoms with Gasteiger partial charge in [-0.15, -0.1) is 0 Å². The number of aliphatic hydroxyl groups excluding tert-OH is 1. The summed E-state index contributed by atoms with van der Waals surface area (Å²) in [5, 5.41) is 17.5. The molecular formula is C25H37N3O4. The number of rotatable bonds is 8. The zero-order chi connectivity index (χ0) is 23.3. The van der Waals surface area contributed by atoms with Gasteiger partial charge in [0, 0.05) is 18.0 Å². The number of nitrogens with one attached hydrogen (secondary N) is 2. The highest BCUT2D eigenvalue weighted by Gasteiger charge is 2.32. The number of furan rings is 1. The molecule has 32 heavy (non-hydrogen) atoms. The van der Waals surface area contributed by atoms with Crippen LogP contribution < -0.4 is 10.6 Å². The normalized spacial score (nSPS) is 23.1. The van der Waals surface area contributed by atoms with Gasteiger partial charge in [-0.25, -0.2) is 0 Å². The summed E-state index contributed by atoms with van der Waals surface area (Å²) in [4.78, 5) is 28.3. The highest BCUT2D eigenvalue weighted by Crippen LogP contribution is 2.20. The molecular weight excluding hydrogens is 406 g/mol. The Morgan fingerprint density at radius 3 is 2.69 bits per heavy atom. The summed E-state index contributed by atoms with van der Waals surface area (Å²) in [6.07, 6.45) is 2.50. The number of benzene rings is 1. The molecule has 1 saturated heterocycles. The molecule has 1 aliphatic rings. The van der Waals surface area contributed by atoms with Crippen LogP contribution in [0.3, 0.4) is 0 Å². The first-order chi connectivity index (χ1) is 15.3. The third kappa shape index (κ3) is 6.11. The molecule has 3 N–H and O–H groups in total. The molecule has 1 aromatic heterocycles. The SMILES string of the molecule is CCCN1C[C@H](O)[C@@H](NC(=O)[C@H](CC(C)C)NC(=O)c2cc3ccccc3o2)CC[C@H]1C. The van der Waals surface area contributed by atoms with E-state index in [1.165, 1.54) is 0 Å². The summed E-state index contributed by atoms with van der Waals surface area (Å²) >= 11 is 0. The Labute approximate surface area is 190 Å². The van der Waals surface area contributed by atoms with E-state index in [1.54, 1.807) is 12.1 Å². The Kier molecular flexibility index (Phi) is 8.32. The zero-order valence-electron chi connectivity index (χ0n) is 19.6. The van der Waals surface area contributed by atoms with E-state index in [0.29, 0.717) is 31.0 Å². The van der Waals surface area contributed by atoms with Crippen LogP contribution in [0.15, 0.2) is 34.7 Å². The minimum Gasteiger partial charge on any atom is -0.451 e. The second-order valence-electron chi connectivity index (χ2n) is 9.41. The van der Waals surface area contributed by atoms with Gasteiger partial charge in [-0.2, -0.15) is 0 Å². The molecule has 1 fully saturated rings. The molecule has 0 bridgehead atoms. The third-order valence-corrected chi connectivity index (χ3v) is 6.22. The number of carbonyl (C=O) groups excluding carboxylic acids is 2. The highest BCUT2D eigenvalue weighted by atomic mass is 16.3. The van der Waals surface area contributed by atoms with Gasteiger partial charge in [0.25, 0.3) is 5.91 Å². The number of likely N-dealkylation sites (tertiary alicyclic amines) is 1. The fourth-order valence-electron chi connectivity index (χ4n) is 4.42. The molecule has 2 amide bonds. The standard InChI is InChI=1S/C25H37N3O4/c1-5-12-28-15-21(29)19(11-10-17(28)4)26-24(30)20(13-16(2)3)27-25(31)23-14-18-8-6-7-9-22(18)32-23/h6-9,14,16-17,19-21,29H,5,10-13,15H2,1-4H3,(H,26,30)(H,27,31)/t17-,19+,20+,21+/m1/s1. The molecule has 0 saturated carbocycles. The van der Waals surface area contributed by atoms with E-state index in [1.807, 2.05) is 32.0 Å². The van der Waals surface area contributed by atoms with Gasteiger partial charge in [0.15, 0.2) is 5.76 Å². The van der Waals surface area contributed by atoms with Crippen LogP contribution >= 0.6 is 0 Å². The first kappa shape index (κ1) is 24.3. The summed E-state index contributed by atoms with van der Waals surface area (Å²) in [5.74, 6) is -0.276. The summed E-state index contributed by atoms with van der Waals surface area (Å²) in [7, 11) is 0. The van der Waals surface area contributed by atoms with Gasteiger partial charge >= 0.3 is 0 Å². The molecule has 0 radical (unpaired) electrons. The highest BCUT2D eigenvalue weighted by molar-refractivity contribution is 5.98. The topological polar surface area (TPSA) is 94.8 Å². The van der Waals surface area contributed by atoms with Gasteiger partial charge < -0.3 is 20.2 Å². The van der Waals surface area contributed by atoms with Crippen LogP contribution in [0.1, 0.15) is 63.9 Å². The van der Waals surface area contributed by atoms with Crippen LogP contribution in [0.2, 0.25) is 0 Å². The number of carbonyl (C=O) groups is 2. The van der Waals surface area contributed by atoms with Crippen LogP contribution in [0.25, 0.3) is 11.0 Å². The second-order valence-corrected chi connectivity index (χ2v) is 9.41. The number of hydrogen-bond donors (Lipinski definition) is 3. The van der Waals surface area contributed by atoms with Crippen molar-refractivity contribution in [3.8, 4) is 0 Å². The number of hydrogen-bond acceptors (Lipinski definition) is 5. The lowest BCUT2D eigenvalue weighted by molar-refractivity contribution is -0.125. The van der Waals surface area contributed by atoms with Gasteiger partial charge in [0.2, 0.25) is 5.91 Å². The predicted molar refractivity (Wildman–Crippen MR) is 125 cm³/mol. The smallest absolute Gasteiger partial charge is 0.287 e. The van der Waals surface area contributed by atoms with Gasteiger partial charge in [-0.3, -0.25) is 14.5 Å². The minimum atomic E-state index is -0.699. The van der Waals surface area contributed by atoms with E-state index in [0.717, 1.165) is 24.8 Å². The molecule has 1 aromatic carbocycles. The molecule has 4 atom stereocenters. The number of fused-ring (bicyclic) bond motifs is 1. The lowest BCUT2D eigenvalue weighted by Crippen LogP contribution is -2.53. The molecule has 1 aliphatic heterocycles. The quantitative estimate of drug-likeness (QED) is 0.582. The Bertz CT molecular complexity index is 876. The largest absolute Gasteiger partial charge is 0.451 e. The number of nitrogens with zero attached hydrogens (tertiary/aromatic N) is 1. The van der Waals surface area contributed by atoms with E-state index in [-0.39, 0.29) is 23.6 Å². The van der Waals surface area contributed by atoms with Crippen molar-refractivity contribution in [2.75, 3.05) is 13.1 Å². The van der Waals surface area contributed by atoms with E-state index in [4.69, 9.17) is 4.42 Å². The van der Waals surface area contributed by atoms with E-state index in [9.17, 15) is 14.7 Å². The summed E-state index contributed by atoms with van der Waals surface area (Å²) in [6, 6.07) is 8.45. The molecule has 7 heteroatoms. The number of β-amino-alcohol motifs (C(OH)–C–C–N with tert-alkyl or cyclic N) is 1. The zero-order valence-corrected chi connectivity index (χ0v) is 19.6. The van der Waals surface area contributed by atoms with E-state index < -0.39 is 18.1 Å². The summed E-state index contributed by atoms with van der Waals surface area (Å²) in [6.45, 7) is 9.80. The molecule has 0 unspecified atom stereocenters. The van der Waals surface area contributed by atoms with Crippen LogP contribution in [-0.4, -0.2) is 59.1 Å². The van der Waals surface area contributed by atoms with E-state index >= 15 is 0 Å². The molecule has 3 rings (SSSR count). The Morgan fingerprint density at radius 1 is 1.25 bits per heavy atom. The van der Waals surface area contributed by atoms with Gasteiger partial charge in [-0.05, 0) is 57.2 Å². The maximum absolute atomic E-state index is 13.2. The fourth-order valence-corrected chi connectivity index (χ4v) is 4.42. The Morgan fingerprint density at radius 2 is 2.00 bits per heavy atom. The van der Waals surface area contributed by atoms with Crippen LogP contribution in [-0.2, 0) is 4.79 Å². The van der Waals surface area contributed by atoms with Gasteiger partial charge in [0.05, 0.1) is 12.1 Å². The van der Waals surface area contributed by atoms with Crippen molar-refractivity contribution in [2.24, 2.45) is 5.92 Å². The molecule has 176 valence electrons. The summed E-state index contributed by atoms with van der Waals surface area (Å²) < 4.78 is 5.66. The van der Waals surface area contributed by atoms with Crippen LogP contribution in [0.4, 0.5) is 0 Å². The molecule has 2 heterocycles. The average molecular weight is 444 g/mol. The van der Waals surface area contributed by atoms with Crippen molar-refractivity contribution in [3.05, 3.63) is 36.1 Å². The number of amides is 2. The first-order valence-electron chi connectivity index (χ1n) is 11.8. The third-order valence-electron chi connectivity index (χ3n) is 6.22. The van der Waals surface area contributed by atoms with E-state index in [2.05, 4.69) is 29.4 Å². The van der Waals surface area contributed by atoms with Crippen molar-refractivity contribution in [2.45, 2.75) is 77.6 Å². The average Bonchev–Trinajstić information content (AvgIpc) is 3.14. The van der Waals surface area contributed by atoms with Crippen molar-refractivity contribution in [1.82, 2.24) is 15.5 Å². The molecule has 0 aliphatic carbocycles. The first-order valence-corrected chi connectivity index (χ1v) is 11.8. The van der Waals surface area contributed by atoms with Crippen molar-refractivity contribution in [1.29, 1.82) is 0 Å². The Hall–Kier alpha value is -2.38. The maximum Gasteiger partial charge on any atom is 0.287 e. The van der Waals surface area contributed by atoms with Gasteiger partial charge in [-0.1, -0.05) is 39.0 Å². The van der Waals surface area contributed by atoms with Gasteiger partial charge in [0.1, 0.15) is 11.6 Å². The van der Waals surface area contributed by atoms with Crippen LogP contribution in [0.5, 0.6) is 0 Å². The van der Waals surface area contributed by atoms with Crippen molar-refractivity contribution >= 4 is 22.8 Å². The predicted octanol–water partition coefficient (Wildman–Crippen LogP) is 3.32. The maximum atomic E-state index is 13.2. The number of aliphatic hydroxyl groups is 1. The lowest BCUT2D eigenvalue weighted by atomic mass is 10.0. The van der Waals surface area contributed by atoms with Crippen LogP contribution in [0, 0.1) is 5.92 Å². The molecule has 2 aromatic rings. The number of para-hydroxylation sites is 1. The monoisotopic (exact) mass is 443 g/mol. The van der Waals surface area contributed by atoms with Crippen molar-refractivity contribution in [3.63, 3.8) is 0 Å². The fraction of sp³-hybridized carbons (Fsp3) is 0.600. The minimum absolute atomic E-state index is 0.186. The molecule has 0 spiro atoms. The second kappa shape index (κ2) is 11.0. The molecule has 7 nitrogen and oxygen atoms in total. The van der Waals surface area contributed by atoms with Crippen molar-refractivity contribution < 1.29 is 19.1 Å². The Balaban J connectivity index is 1.68. The lowest BCUT2D eigenvalue weighted by Gasteiger charge is -2.29. The summed E-state index contributed by atoms with van der Waals surface area (Å²) in [5.41, 5.74) is 0.634.